The van der Waals surface area contributed by atoms with E-state index in [4.69, 9.17) is 0 Å². The molecule has 3 aromatic rings. The third-order valence-corrected chi connectivity index (χ3v) is 5.53. The monoisotopic (exact) mass is 451 g/mol. The highest BCUT2D eigenvalue weighted by Crippen LogP contribution is 2.41. The first-order valence-corrected chi connectivity index (χ1v) is 10.3. The Morgan fingerprint density at radius 3 is 2.52 bits per heavy atom. The van der Waals surface area contributed by atoms with Crippen molar-refractivity contribution in [3.05, 3.63) is 85.9 Å². The topological polar surface area (TPSA) is 118 Å². The fourth-order valence-corrected chi connectivity index (χ4v) is 3.58. The Kier molecular flexibility index (Phi) is 5.82. The zero-order chi connectivity index (χ0) is 23.7. The van der Waals surface area contributed by atoms with E-state index in [1.807, 2.05) is 6.07 Å². The molecule has 2 aromatic carbocycles. The van der Waals surface area contributed by atoms with Crippen LogP contribution in [0.5, 0.6) is 0 Å². The highest BCUT2D eigenvalue weighted by atomic mass is 19.1. The molecule has 1 heterocycles. The second-order valence-corrected chi connectivity index (χ2v) is 7.83. The standard InChI is InChI=1S/C23H22FN5O4/c1-25-23(31)21-19(26-15-4-3-5-16(11-15)29(32)33)12-20(30)28(2)22(21)27-18-9-8-14(10-17(18)24)13-6-7-13/h3-5,8-13,26-27H,6-7H2,1-2H3,(H,25,31). The Labute approximate surface area is 188 Å². The van der Waals surface area contributed by atoms with Crippen LogP contribution in [-0.2, 0) is 7.05 Å². The molecule has 1 amide bonds. The quantitative estimate of drug-likeness (QED) is 0.367. The van der Waals surface area contributed by atoms with Gasteiger partial charge in [0.15, 0.2) is 0 Å². The summed E-state index contributed by atoms with van der Waals surface area (Å²) in [6.45, 7) is 0. The zero-order valence-electron chi connectivity index (χ0n) is 18.0. The van der Waals surface area contributed by atoms with E-state index in [1.54, 1.807) is 12.1 Å². The van der Waals surface area contributed by atoms with Crippen molar-refractivity contribution in [1.82, 2.24) is 9.88 Å². The van der Waals surface area contributed by atoms with Gasteiger partial charge in [-0.05, 0) is 42.5 Å². The number of pyridine rings is 1. The van der Waals surface area contributed by atoms with Gasteiger partial charge in [-0.3, -0.25) is 24.3 Å². The fourth-order valence-electron chi connectivity index (χ4n) is 3.58. The second-order valence-electron chi connectivity index (χ2n) is 7.83. The smallest absolute Gasteiger partial charge is 0.271 e. The van der Waals surface area contributed by atoms with E-state index in [2.05, 4.69) is 16.0 Å². The van der Waals surface area contributed by atoms with Gasteiger partial charge in [-0.15, -0.1) is 0 Å². The lowest BCUT2D eigenvalue weighted by atomic mass is 10.1. The number of anilines is 4. The average Bonchev–Trinajstić information content (AvgIpc) is 3.63. The molecular formula is C23H22FN5O4. The van der Waals surface area contributed by atoms with Gasteiger partial charge in [0.05, 0.1) is 16.3 Å². The van der Waals surface area contributed by atoms with Crippen LogP contribution in [0.3, 0.4) is 0 Å². The predicted molar refractivity (Wildman–Crippen MR) is 123 cm³/mol. The van der Waals surface area contributed by atoms with Crippen molar-refractivity contribution in [3.8, 4) is 0 Å². The molecule has 33 heavy (non-hydrogen) atoms. The van der Waals surface area contributed by atoms with Gasteiger partial charge in [0.25, 0.3) is 17.2 Å². The van der Waals surface area contributed by atoms with Crippen molar-refractivity contribution >= 4 is 34.5 Å². The number of nitrogens with zero attached hydrogens (tertiary/aromatic N) is 2. The van der Waals surface area contributed by atoms with Crippen molar-refractivity contribution in [2.45, 2.75) is 18.8 Å². The first kappa shape index (κ1) is 22.0. The normalized spacial score (nSPS) is 12.8. The molecule has 3 N–H and O–H groups in total. The summed E-state index contributed by atoms with van der Waals surface area (Å²) in [6, 6.07) is 11.8. The number of hydrogen-bond donors (Lipinski definition) is 3. The number of nitrogens with one attached hydrogen (secondary N) is 3. The maximum Gasteiger partial charge on any atom is 0.271 e. The summed E-state index contributed by atoms with van der Waals surface area (Å²) in [4.78, 5) is 36.0. The Bertz CT molecular complexity index is 1320. The molecule has 170 valence electrons. The number of nitro benzene ring substituents is 1. The van der Waals surface area contributed by atoms with Gasteiger partial charge in [-0.1, -0.05) is 12.1 Å². The number of carbonyl (C=O) groups is 1. The van der Waals surface area contributed by atoms with Crippen molar-refractivity contribution in [2.75, 3.05) is 17.7 Å². The minimum absolute atomic E-state index is 0.0526. The van der Waals surface area contributed by atoms with Crippen LogP contribution < -0.4 is 21.5 Å². The first-order valence-electron chi connectivity index (χ1n) is 10.3. The van der Waals surface area contributed by atoms with Crippen molar-refractivity contribution in [3.63, 3.8) is 0 Å². The van der Waals surface area contributed by atoms with Crippen molar-refractivity contribution in [1.29, 1.82) is 0 Å². The Morgan fingerprint density at radius 1 is 1.12 bits per heavy atom. The molecule has 10 heteroatoms. The van der Waals surface area contributed by atoms with Crippen LogP contribution in [-0.4, -0.2) is 22.4 Å². The van der Waals surface area contributed by atoms with Gasteiger partial charge >= 0.3 is 0 Å². The van der Waals surface area contributed by atoms with Crippen LogP contribution in [0.1, 0.15) is 34.7 Å². The molecule has 0 spiro atoms. The number of benzene rings is 2. The molecule has 4 rings (SSSR count). The predicted octanol–water partition coefficient (Wildman–Crippen LogP) is 4.16. The van der Waals surface area contributed by atoms with Crippen LogP contribution in [0.2, 0.25) is 0 Å². The van der Waals surface area contributed by atoms with Crippen LogP contribution in [0, 0.1) is 15.9 Å². The molecule has 0 bridgehead atoms. The van der Waals surface area contributed by atoms with E-state index in [0.29, 0.717) is 11.6 Å². The number of aromatic nitrogens is 1. The van der Waals surface area contributed by atoms with Gasteiger partial charge < -0.3 is 16.0 Å². The Hall–Kier alpha value is -4.21. The van der Waals surface area contributed by atoms with Gasteiger partial charge in [0, 0.05) is 38.0 Å². The van der Waals surface area contributed by atoms with Crippen LogP contribution in [0.4, 0.5) is 33.0 Å². The summed E-state index contributed by atoms with van der Waals surface area (Å²) in [5.74, 6) is -0.572. The number of halogens is 1. The molecule has 0 aliphatic heterocycles. The highest BCUT2D eigenvalue weighted by molar-refractivity contribution is 6.05. The number of amides is 1. The van der Waals surface area contributed by atoms with Crippen LogP contribution >= 0.6 is 0 Å². The Morgan fingerprint density at radius 2 is 1.88 bits per heavy atom. The number of carbonyl (C=O) groups excluding carboxylic acids is 1. The largest absolute Gasteiger partial charge is 0.355 e. The third-order valence-electron chi connectivity index (χ3n) is 5.53. The molecule has 0 saturated heterocycles. The van der Waals surface area contributed by atoms with E-state index in [0.717, 1.165) is 18.4 Å². The molecule has 1 fully saturated rings. The molecule has 1 aliphatic rings. The van der Waals surface area contributed by atoms with Crippen molar-refractivity contribution in [2.24, 2.45) is 7.05 Å². The van der Waals surface area contributed by atoms with Gasteiger partial charge in [-0.2, -0.15) is 0 Å². The summed E-state index contributed by atoms with van der Waals surface area (Å²) < 4.78 is 16.0. The maximum absolute atomic E-state index is 14.8. The molecule has 1 saturated carbocycles. The summed E-state index contributed by atoms with van der Waals surface area (Å²) in [7, 11) is 2.89. The molecule has 1 aliphatic carbocycles. The number of hydrogen-bond acceptors (Lipinski definition) is 6. The maximum atomic E-state index is 14.8. The number of non-ortho nitro benzene ring substituents is 1. The molecule has 0 atom stereocenters. The molecular weight excluding hydrogens is 429 g/mol. The van der Waals surface area contributed by atoms with E-state index < -0.39 is 22.2 Å². The minimum Gasteiger partial charge on any atom is -0.355 e. The van der Waals surface area contributed by atoms with Crippen LogP contribution in [0.15, 0.2) is 53.3 Å². The average molecular weight is 451 g/mol. The summed E-state index contributed by atoms with van der Waals surface area (Å²) in [5, 5.41) is 19.4. The van der Waals surface area contributed by atoms with E-state index in [-0.39, 0.29) is 28.4 Å². The lowest BCUT2D eigenvalue weighted by molar-refractivity contribution is -0.384. The molecule has 9 nitrogen and oxygen atoms in total. The number of rotatable bonds is 7. The first-order chi connectivity index (χ1) is 15.8. The van der Waals surface area contributed by atoms with Gasteiger partial charge in [0.1, 0.15) is 17.2 Å². The zero-order valence-corrected chi connectivity index (χ0v) is 18.0. The summed E-state index contributed by atoms with van der Waals surface area (Å²) >= 11 is 0. The van der Waals surface area contributed by atoms with Crippen molar-refractivity contribution < 1.29 is 14.1 Å². The van der Waals surface area contributed by atoms with E-state index in [1.165, 1.54) is 49.0 Å². The molecule has 0 radical (unpaired) electrons. The lowest BCUT2D eigenvalue weighted by Gasteiger charge is -2.20. The number of nitro groups is 1. The van der Waals surface area contributed by atoms with Gasteiger partial charge in [-0.25, -0.2) is 4.39 Å². The second kappa shape index (κ2) is 8.73. The van der Waals surface area contributed by atoms with Gasteiger partial charge in [0.2, 0.25) is 0 Å². The summed E-state index contributed by atoms with van der Waals surface area (Å²) in [5.41, 5.74) is 0.905. The lowest BCUT2D eigenvalue weighted by Crippen LogP contribution is -2.27. The Balaban J connectivity index is 1.79. The highest BCUT2D eigenvalue weighted by Gasteiger charge is 2.25. The molecule has 1 aromatic heterocycles. The minimum atomic E-state index is -0.546. The third kappa shape index (κ3) is 4.54. The molecule has 0 unspecified atom stereocenters. The van der Waals surface area contributed by atoms with E-state index in [9.17, 15) is 24.1 Å². The SMILES string of the molecule is CNC(=O)c1c(Nc2cccc([N+](=O)[O-])c2)cc(=O)n(C)c1Nc1ccc(C2CC2)cc1F. The fraction of sp³-hybridized carbons (Fsp3) is 0.217. The van der Waals surface area contributed by atoms with Crippen LogP contribution in [0.25, 0.3) is 0 Å². The van der Waals surface area contributed by atoms with E-state index >= 15 is 0 Å². The summed E-state index contributed by atoms with van der Waals surface area (Å²) in [6.07, 6.45) is 2.07.